The van der Waals surface area contributed by atoms with Crippen LogP contribution in [0, 0.1) is 0 Å². The van der Waals surface area contributed by atoms with E-state index in [1.165, 1.54) is 25.3 Å². The van der Waals surface area contributed by atoms with Crippen molar-refractivity contribution in [2.75, 3.05) is 20.3 Å². The van der Waals surface area contributed by atoms with E-state index in [0.717, 1.165) is 6.07 Å². The molecule has 2 fully saturated rings. The first-order valence-electron chi connectivity index (χ1n) is 12.8. The molecule has 0 spiro atoms. The van der Waals surface area contributed by atoms with Crippen LogP contribution in [-0.2, 0) is 9.47 Å². The van der Waals surface area contributed by atoms with Crippen LogP contribution >= 0.6 is 0 Å². The van der Waals surface area contributed by atoms with Crippen molar-refractivity contribution in [1.29, 1.82) is 0 Å². The topological polar surface area (TPSA) is 260 Å². The summed E-state index contributed by atoms with van der Waals surface area (Å²) < 4.78 is 22.1. The Morgan fingerprint density at radius 1 is 0.857 bits per heavy atom. The number of fused-ring (bicyclic) bond motifs is 1. The Morgan fingerprint density at radius 2 is 1.55 bits per heavy atom. The van der Waals surface area contributed by atoms with Crippen molar-refractivity contribution >= 4 is 11.0 Å². The van der Waals surface area contributed by atoms with Crippen LogP contribution in [0.4, 0.5) is 0 Å². The van der Waals surface area contributed by atoms with Gasteiger partial charge in [-0.25, -0.2) is 0 Å². The molecule has 0 aliphatic carbocycles. The summed E-state index contributed by atoms with van der Waals surface area (Å²) in [6, 6.07) is 4.95. The minimum absolute atomic E-state index is 0.0228. The summed E-state index contributed by atoms with van der Waals surface area (Å²) in [4.78, 5) is 13.5. The Labute approximate surface area is 236 Å². The van der Waals surface area contributed by atoms with Gasteiger partial charge in [-0.2, -0.15) is 0 Å². The predicted molar refractivity (Wildman–Crippen MR) is 139 cm³/mol. The third-order valence-electron chi connectivity index (χ3n) is 7.62. The van der Waals surface area contributed by atoms with E-state index >= 15 is 0 Å². The minimum atomic E-state index is -1.98. The zero-order chi connectivity index (χ0) is 30.6. The van der Waals surface area contributed by atoms with Crippen LogP contribution in [0.1, 0.15) is 23.3 Å². The zero-order valence-corrected chi connectivity index (χ0v) is 21.9. The predicted octanol–water partition coefficient (Wildman–Crippen LogP) is -1.75. The molecule has 15 nitrogen and oxygen atoms in total. The van der Waals surface area contributed by atoms with Crippen LogP contribution in [0.3, 0.4) is 0 Å². The fourth-order valence-corrected chi connectivity index (χ4v) is 5.31. The molecule has 2 aromatic carbocycles. The average Bonchev–Trinajstić information content (AvgIpc) is 2.96. The number of rotatable bonds is 5. The first kappa shape index (κ1) is 30.0. The highest BCUT2D eigenvalue weighted by molar-refractivity contribution is 5.92. The van der Waals surface area contributed by atoms with Gasteiger partial charge in [-0.05, 0) is 18.2 Å². The molecule has 2 saturated heterocycles. The molecule has 0 unspecified atom stereocenters. The molecule has 15 heteroatoms. The molecule has 9 atom stereocenters. The molecule has 0 amide bonds. The lowest BCUT2D eigenvalue weighted by Crippen LogP contribution is -2.55. The molecule has 2 aliphatic heterocycles. The summed E-state index contributed by atoms with van der Waals surface area (Å²) in [5, 5.41) is 104. The van der Waals surface area contributed by atoms with Gasteiger partial charge >= 0.3 is 0 Å². The molecule has 5 rings (SSSR count). The molecule has 3 heterocycles. The van der Waals surface area contributed by atoms with Crippen molar-refractivity contribution in [3.8, 4) is 34.3 Å². The molecule has 10 N–H and O–H groups in total. The number of benzene rings is 2. The maximum atomic E-state index is 13.5. The Hall–Kier alpha value is -3.51. The lowest BCUT2D eigenvalue weighted by molar-refractivity contribution is -0.231. The summed E-state index contributed by atoms with van der Waals surface area (Å²) in [5.41, 5.74) is -2.39. The standard InChI is InChI=1S/C27H30O15/c1-39-13-4-8(2-3-9(13)29)12-5-10(30)15-20(34)16(26-23(37)18(32)11(31)7-40-26)21(35)17(25(15)41-12)27-24(38)22(36)19(33)14(6-28)42-27/h2-5,11,14,18-19,22-24,26-29,31-38H,6-7H2,1H3/t11-,14+,18+,19+,22-,23-,24+,26+,27-/m0/s1. The number of aliphatic hydroxyl groups is 7. The van der Waals surface area contributed by atoms with Gasteiger partial charge in [0, 0.05) is 11.6 Å². The van der Waals surface area contributed by atoms with Gasteiger partial charge in [-0.3, -0.25) is 4.79 Å². The van der Waals surface area contributed by atoms with Crippen molar-refractivity contribution < 1.29 is 69.7 Å². The van der Waals surface area contributed by atoms with Gasteiger partial charge in [0.1, 0.15) is 77.6 Å². The van der Waals surface area contributed by atoms with Gasteiger partial charge in [-0.15, -0.1) is 0 Å². The van der Waals surface area contributed by atoms with Gasteiger partial charge in [0.05, 0.1) is 31.5 Å². The number of hydrogen-bond acceptors (Lipinski definition) is 15. The molecular formula is C27H30O15. The Morgan fingerprint density at radius 3 is 2.21 bits per heavy atom. The minimum Gasteiger partial charge on any atom is -0.507 e. The van der Waals surface area contributed by atoms with Gasteiger partial charge in [0.2, 0.25) is 0 Å². The van der Waals surface area contributed by atoms with Crippen LogP contribution in [0.2, 0.25) is 0 Å². The molecule has 1 aromatic heterocycles. The molecule has 228 valence electrons. The van der Waals surface area contributed by atoms with Crippen molar-refractivity contribution in [2.24, 2.45) is 0 Å². The van der Waals surface area contributed by atoms with E-state index in [4.69, 9.17) is 18.6 Å². The molecule has 0 saturated carbocycles. The summed E-state index contributed by atoms with van der Waals surface area (Å²) in [7, 11) is 1.29. The third-order valence-corrected chi connectivity index (χ3v) is 7.62. The molecule has 0 radical (unpaired) electrons. The van der Waals surface area contributed by atoms with Crippen molar-refractivity contribution in [3.63, 3.8) is 0 Å². The van der Waals surface area contributed by atoms with Crippen molar-refractivity contribution in [1.82, 2.24) is 0 Å². The number of aromatic hydroxyl groups is 3. The highest BCUT2D eigenvalue weighted by atomic mass is 16.5. The second kappa shape index (κ2) is 11.3. The number of ether oxygens (including phenoxy) is 3. The summed E-state index contributed by atoms with van der Waals surface area (Å²) in [6.45, 7) is -1.37. The summed E-state index contributed by atoms with van der Waals surface area (Å²) in [6.07, 6.45) is -15.9. The van der Waals surface area contributed by atoms with Gasteiger partial charge < -0.3 is 69.7 Å². The fraction of sp³-hybridized carbons (Fsp3) is 0.444. The van der Waals surface area contributed by atoms with E-state index in [-0.39, 0.29) is 22.8 Å². The maximum Gasteiger partial charge on any atom is 0.197 e. The average molecular weight is 595 g/mol. The fourth-order valence-electron chi connectivity index (χ4n) is 5.31. The van der Waals surface area contributed by atoms with E-state index in [9.17, 15) is 55.9 Å². The lowest BCUT2D eigenvalue weighted by Gasteiger charge is -2.41. The molecule has 0 bridgehead atoms. The van der Waals surface area contributed by atoms with Crippen LogP contribution in [0.15, 0.2) is 33.5 Å². The van der Waals surface area contributed by atoms with E-state index in [2.05, 4.69) is 0 Å². The second-order valence-corrected chi connectivity index (χ2v) is 10.1. The van der Waals surface area contributed by atoms with Gasteiger partial charge in [0.15, 0.2) is 22.5 Å². The number of phenols is 3. The number of aliphatic hydroxyl groups excluding tert-OH is 7. The monoisotopic (exact) mass is 594 g/mol. The molecule has 2 aliphatic rings. The van der Waals surface area contributed by atoms with Crippen LogP contribution in [-0.4, -0.2) is 114 Å². The van der Waals surface area contributed by atoms with Gasteiger partial charge in [0.25, 0.3) is 0 Å². The molecule has 42 heavy (non-hydrogen) atoms. The normalized spacial score (nSPS) is 31.8. The third kappa shape index (κ3) is 4.74. The lowest BCUT2D eigenvalue weighted by atomic mass is 9.85. The number of methoxy groups -OCH3 is 1. The first-order chi connectivity index (χ1) is 19.9. The van der Waals surface area contributed by atoms with E-state index < -0.39 is 107 Å². The van der Waals surface area contributed by atoms with E-state index in [0.29, 0.717) is 0 Å². The van der Waals surface area contributed by atoms with Crippen LogP contribution in [0.25, 0.3) is 22.3 Å². The number of hydrogen-bond donors (Lipinski definition) is 10. The van der Waals surface area contributed by atoms with Crippen LogP contribution in [0.5, 0.6) is 23.0 Å². The molecular weight excluding hydrogens is 564 g/mol. The summed E-state index contributed by atoms with van der Waals surface area (Å²) >= 11 is 0. The van der Waals surface area contributed by atoms with Gasteiger partial charge in [-0.1, -0.05) is 0 Å². The number of phenolic OH excluding ortho intramolecular Hbond substituents is 3. The quantitative estimate of drug-likeness (QED) is 0.157. The van der Waals surface area contributed by atoms with Crippen molar-refractivity contribution in [2.45, 2.75) is 54.9 Å². The summed E-state index contributed by atoms with van der Waals surface area (Å²) in [5.74, 6) is -2.22. The maximum absolute atomic E-state index is 13.5. The van der Waals surface area contributed by atoms with E-state index in [1.54, 1.807) is 0 Å². The first-order valence-corrected chi connectivity index (χ1v) is 12.8. The highest BCUT2D eigenvalue weighted by Gasteiger charge is 2.48. The van der Waals surface area contributed by atoms with E-state index in [1.807, 2.05) is 0 Å². The van der Waals surface area contributed by atoms with Crippen molar-refractivity contribution in [3.05, 3.63) is 45.6 Å². The Kier molecular flexibility index (Phi) is 8.06. The Bertz CT molecular complexity index is 1530. The smallest absolute Gasteiger partial charge is 0.197 e. The zero-order valence-electron chi connectivity index (χ0n) is 21.9. The molecule has 3 aromatic rings. The van der Waals surface area contributed by atoms with Crippen LogP contribution < -0.4 is 10.2 Å². The SMILES string of the molecule is COc1cc(-c2cc(=O)c3c(O)c([C@H]4OC[C@H](O)[C@@H](O)[C@@H]4O)c(O)c([C@@H]4O[C@H](CO)[C@@H](O)[C@H](O)[C@H]4O)c3o2)ccc1O. The largest absolute Gasteiger partial charge is 0.507 e. The Balaban J connectivity index is 1.82. The second-order valence-electron chi connectivity index (χ2n) is 10.1. The highest BCUT2D eigenvalue weighted by Crippen LogP contribution is 2.50.